The van der Waals surface area contributed by atoms with Crippen molar-refractivity contribution >= 4 is 19.8 Å². The third-order valence-corrected chi connectivity index (χ3v) is 17.3. The third-order valence-electron chi connectivity index (χ3n) is 16.3. The van der Waals surface area contributed by atoms with Crippen LogP contribution in [0, 0.1) is 0 Å². The normalized spacial score (nSPS) is 13.0. The third kappa shape index (κ3) is 67.5. The second kappa shape index (κ2) is 67.6. The van der Waals surface area contributed by atoms with Gasteiger partial charge in [0, 0.05) is 19.4 Å². The SMILES string of the molecule is CCCCCCC/C=C\C/C=C\CCCCCCCCCCCCCCCCCCCCCCCCCCCC(=O)OC(COC(=O)CCCCCCCCCCCCCCCCCCCCCCCCC)COP(=O)(O)OCCN. The minimum Gasteiger partial charge on any atom is -0.462 e. The maximum atomic E-state index is 12.8. The second-order valence-corrected chi connectivity index (χ2v) is 25.9. The highest BCUT2D eigenvalue weighted by Crippen LogP contribution is 2.43. The van der Waals surface area contributed by atoms with E-state index >= 15 is 0 Å². The largest absolute Gasteiger partial charge is 0.472 e. The van der Waals surface area contributed by atoms with Gasteiger partial charge in [-0.15, -0.1) is 0 Å². The Balaban J connectivity index is 3.77. The van der Waals surface area contributed by atoms with E-state index in [1.807, 2.05) is 0 Å². The highest BCUT2D eigenvalue weighted by atomic mass is 31.2. The van der Waals surface area contributed by atoms with Gasteiger partial charge in [0.05, 0.1) is 13.2 Å². The van der Waals surface area contributed by atoms with Crippen molar-refractivity contribution in [2.45, 2.75) is 392 Å². The number of phosphoric acid groups is 1. The van der Waals surface area contributed by atoms with E-state index in [1.54, 1.807) is 0 Å². The molecule has 0 aliphatic heterocycles. The molecule has 0 amide bonds. The maximum Gasteiger partial charge on any atom is 0.472 e. The molecule has 0 saturated carbocycles. The monoisotopic (exact) mass is 1160 g/mol. The minimum atomic E-state index is -4.39. The van der Waals surface area contributed by atoms with Gasteiger partial charge in [-0.3, -0.25) is 18.6 Å². The van der Waals surface area contributed by atoms with Crippen LogP contribution in [0.25, 0.3) is 0 Å². The zero-order chi connectivity index (χ0) is 58.7. The lowest BCUT2D eigenvalue weighted by Gasteiger charge is -2.19. The van der Waals surface area contributed by atoms with Crippen molar-refractivity contribution in [2.24, 2.45) is 5.73 Å². The summed E-state index contributed by atoms with van der Waals surface area (Å²) in [5.74, 6) is -0.801. The van der Waals surface area contributed by atoms with Gasteiger partial charge in [-0.05, 0) is 44.9 Å². The molecule has 0 aliphatic rings. The zero-order valence-corrected chi connectivity index (χ0v) is 55.0. The van der Waals surface area contributed by atoms with Crippen molar-refractivity contribution in [3.63, 3.8) is 0 Å². The molecule has 9 nitrogen and oxygen atoms in total. The Hall–Kier alpha value is -1.51. The molecule has 0 aliphatic carbocycles. The quantitative estimate of drug-likeness (QED) is 0.0264. The molecule has 2 atom stereocenters. The van der Waals surface area contributed by atoms with Crippen LogP contribution >= 0.6 is 7.82 Å². The summed E-state index contributed by atoms with van der Waals surface area (Å²) in [7, 11) is -4.39. The standard InChI is InChI=1S/C71H138NO8P/c1-3-5-7-9-11-13-15-17-19-21-23-25-27-28-29-30-31-32-33-34-35-36-37-38-39-40-42-44-46-48-50-52-54-56-58-60-62-64-71(74)80-69(68-79-81(75,76)78-66-65-72)67-77-70(73)63-61-59-57-55-53-51-49-47-45-43-41-26-24-22-20-18-16-14-12-10-8-6-4-2/h15,17,21,23,69H,3-14,16,18-20,22,24-68,72H2,1-2H3,(H,75,76)/b17-15-,23-21-. The summed E-state index contributed by atoms with van der Waals surface area (Å²) < 4.78 is 33.2. The fourth-order valence-electron chi connectivity index (χ4n) is 11.0. The molecule has 0 radical (unpaired) electrons. The van der Waals surface area contributed by atoms with Crippen LogP contribution in [-0.2, 0) is 32.7 Å². The van der Waals surface area contributed by atoms with E-state index in [-0.39, 0.29) is 38.6 Å². The average Bonchev–Trinajstić information content (AvgIpc) is 3.46. The molecule has 480 valence electrons. The van der Waals surface area contributed by atoms with E-state index < -0.39 is 26.5 Å². The molecule has 0 spiro atoms. The Morgan fingerprint density at radius 2 is 0.642 bits per heavy atom. The first kappa shape index (κ1) is 79.5. The number of esters is 2. The zero-order valence-electron chi connectivity index (χ0n) is 54.1. The lowest BCUT2D eigenvalue weighted by molar-refractivity contribution is -0.161. The molecule has 0 rings (SSSR count). The van der Waals surface area contributed by atoms with Crippen LogP contribution in [0.2, 0.25) is 0 Å². The lowest BCUT2D eigenvalue weighted by Crippen LogP contribution is -2.29. The number of allylic oxidation sites excluding steroid dienone is 4. The maximum absolute atomic E-state index is 12.8. The summed E-state index contributed by atoms with van der Waals surface area (Å²) in [4.78, 5) is 35.3. The number of hydrogen-bond acceptors (Lipinski definition) is 8. The van der Waals surface area contributed by atoms with Gasteiger partial charge in [-0.2, -0.15) is 0 Å². The van der Waals surface area contributed by atoms with Crippen LogP contribution in [0.5, 0.6) is 0 Å². The Bertz CT molecular complexity index is 1380. The Kier molecular flexibility index (Phi) is 66.4. The number of hydrogen-bond donors (Lipinski definition) is 2. The smallest absolute Gasteiger partial charge is 0.462 e. The van der Waals surface area contributed by atoms with E-state index in [4.69, 9.17) is 24.3 Å². The molecular formula is C71H138NO8P. The van der Waals surface area contributed by atoms with Crippen molar-refractivity contribution in [3.05, 3.63) is 24.3 Å². The van der Waals surface area contributed by atoms with Crippen LogP contribution in [0.4, 0.5) is 0 Å². The number of rotatable bonds is 69. The summed E-state index contributed by atoms with van der Waals surface area (Å²) in [6.07, 6.45) is 82.9. The van der Waals surface area contributed by atoms with E-state index in [9.17, 15) is 19.0 Å². The van der Waals surface area contributed by atoms with E-state index in [1.165, 1.54) is 315 Å². The summed E-state index contributed by atoms with van der Waals surface area (Å²) in [5.41, 5.74) is 5.40. The van der Waals surface area contributed by atoms with Crippen molar-refractivity contribution in [1.82, 2.24) is 0 Å². The second-order valence-electron chi connectivity index (χ2n) is 24.5. The fourth-order valence-corrected chi connectivity index (χ4v) is 11.8. The molecule has 0 saturated heterocycles. The first-order chi connectivity index (χ1) is 39.8. The van der Waals surface area contributed by atoms with Crippen molar-refractivity contribution in [1.29, 1.82) is 0 Å². The summed E-state index contributed by atoms with van der Waals surface area (Å²) in [6, 6.07) is 0. The molecule has 81 heavy (non-hydrogen) atoms. The van der Waals surface area contributed by atoms with Gasteiger partial charge in [0.2, 0.25) is 0 Å². The molecule has 10 heteroatoms. The summed E-state index contributed by atoms with van der Waals surface area (Å²) in [5, 5.41) is 0. The molecule has 0 aromatic heterocycles. The Morgan fingerprint density at radius 3 is 0.938 bits per heavy atom. The van der Waals surface area contributed by atoms with Crippen LogP contribution in [0.15, 0.2) is 24.3 Å². The van der Waals surface area contributed by atoms with E-state index in [2.05, 4.69) is 38.2 Å². The topological polar surface area (TPSA) is 134 Å². The van der Waals surface area contributed by atoms with Crippen molar-refractivity contribution in [2.75, 3.05) is 26.4 Å². The lowest BCUT2D eigenvalue weighted by atomic mass is 10.0. The van der Waals surface area contributed by atoms with Crippen molar-refractivity contribution in [3.8, 4) is 0 Å². The van der Waals surface area contributed by atoms with Crippen LogP contribution in [-0.4, -0.2) is 49.3 Å². The van der Waals surface area contributed by atoms with Crippen LogP contribution < -0.4 is 5.73 Å². The number of unbranched alkanes of at least 4 members (excludes halogenated alkanes) is 52. The molecule has 0 bridgehead atoms. The molecule has 0 aromatic rings. The predicted molar refractivity (Wildman–Crippen MR) is 349 cm³/mol. The van der Waals surface area contributed by atoms with Gasteiger partial charge in [-0.25, -0.2) is 4.57 Å². The number of carbonyl (C=O) groups is 2. The van der Waals surface area contributed by atoms with Gasteiger partial charge in [-0.1, -0.05) is 353 Å². The molecule has 0 fully saturated rings. The number of phosphoric ester groups is 1. The fraction of sp³-hybridized carbons (Fsp3) is 0.915. The van der Waals surface area contributed by atoms with Crippen LogP contribution in [0.1, 0.15) is 386 Å². The highest BCUT2D eigenvalue weighted by Gasteiger charge is 2.26. The number of nitrogens with two attached hydrogens (primary N) is 1. The van der Waals surface area contributed by atoms with Gasteiger partial charge in [0.1, 0.15) is 6.61 Å². The van der Waals surface area contributed by atoms with Gasteiger partial charge in [0.15, 0.2) is 6.10 Å². The Labute approximate surface area is 503 Å². The van der Waals surface area contributed by atoms with Crippen LogP contribution in [0.3, 0.4) is 0 Å². The molecule has 3 N–H and O–H groups in total. The predicted octanol–water partition coefficient (Wildman–Crippen LogP) is 23.3. The first-order valence-electron chi connectivity index (χ1n) is 35.8. The highest BCUT2D eigenvalue weighted by molar-refractivity contribution is 7.47. The summed E-state index contributed by atoms with van der Waals surface area (Å²) >= 11 is 0. The molecule has 0 aromatic carbocycles. The van der Waals surface area contributed by atoms with Gasteiger partial charge < -0.3 is 20.1 Å². The molecular weight excluding hydrogens is 1030 g/mol. The Morgan fingerprint density at radius 1 is 0.370 bits per heavy atom. The van der Waals surface area contributed by atoms with Gasteiger partial charge in [0.25, 0.3) is 0 Å². The molecule has 2 unspecified atom stereocenters. The first-order valence-corrected chi connectivity index (χ1v) is 37.3. The van der Waals surface area contributed by atoms with Gasteiger partial charge >= 0.3 is 19.8 Å². The average molecular weight is 1160 g/mol. The number of ether oxygens (including phenoxy) is 2. The van der Waals surface area contributed by atoms with Crippen molar-refractivity contribution < 1.29 is 37.6 Å². The molecule has 0 heterocycles. The minimum absolute atomic E-state index is 0.0575. The number of carbonyl (C=O) groups excluding carboxylic acids is 2. The summed E-state index contributed by atoms with van der Waals surface area (Å²) in [6.45, 7) is 3.82. The van der Waals surface area contributed by atoms with E-state index in [0.29, 0.717) is 6.42 Å². The van der Waals surface area contributed by atoms with E-state index in [0.717, 1.165) is 38.5 Å².